The zero-order valence-electron chi connectivity index (χ0n) is 14.5. The third-order valence-electron chi connectivity index (χ3n) is 3.72. The van der Waals surface area contributed by atoms with Crippen molar-refractivity contribution >= 4 is 44.8 Å². The smallest absolute Gasteiger partial charge is 0.244 e. The Labute approximate surface area is 168 Å². The van der Waals surface area contributed by atoms with Gasteiger partial charge < -0.3 is 14.7 Å². The van der Waals surface area contributed by atoms with Gasteiger partial charge in [0, 0.05) is 24.4 Å². The number of benzene rings is 1. The van der Waals surface area contributed by atoms with E-state index in [1.54, 1.807) is 13.1 Å². The van der Waals surface area contributed by atoms with Gasteiger partial charge in [0.2, 0.25) is 23.5 Å². The number of likely N-dealkylation sites (N-methyl/N-ethyl adjacent to an activating group) is 1. The molecule has 0 saturated heterocycles. The van der Waals surface area contributed by atoms with Crippen LogP contribution in [0, 0.1) is 0 Å². The van der Waals surface area contributed by atoms with Crippen LogP contribution in [0.4, 0.5) is 5.69 Å². The van der Waals surface area contributed by atoms with E-state index in [4.69, 9.17) is 4.52 Å². The van der Waals surface area contributed by atoms with Gasteiger partial charge >= 0.3 is 0 Å². The van der Waals surface area contributed by atoms with Crippen LogP contribution in [0.1, 0.15) is 12.3 Å². The molecule has 0 aliphatic heterocycles. The minimum absolute atomic E-state index is 0.0373. The molecule has 3 rings (SSSR count). The highest BCUT2D eigenvalue weighted by Gasteiger charge is 2.16. The molecule has 2 heterocycles. The number of hydrogen-bond donors (Lipinski definition) is 1. The minimum Gasteiger partial charge on any atom is -0.339 e. The Hall–Kier alpha value is -2.52. The lowest BCUT2D eigenvalue weighted by molar-refractivity contribution is -0.133. The Bertz CT molecular complexity index is 926. The number of halogens is 1. The summed E-state index contributed by atoms with van der Waals surface area (Å²) >= 11 is 4.89. The number of thiophene rings is 1. The fourth-order valence-corrected chi connectivity index (χ4v) is 3.36. The SMILES string of the molecule is CN(CC(=O)Nc1ccccc1Br)C(=O)CCc1nc(-c2cccs2)no1. The highest BCUT2D eigenvalue weighted by atomic mass is 79.9. The van der Waals surface area contributed by atoms with Gasteiger partial charge in [0.05, 0.1) is 17.1 Å². The van der Waals surface area contributed by atoms with Crippen LogP contribution in [0.3, 0.4) is 0 Å². The van der Waals surface area contributed by atoms with Gasteiger partial charge in [-0.15, -0.1) is 11.3 Å². The number of hydrogen-bond acceptors (Lipinski definition) is 6. The highest BCUT2D eigenvalue weighted by Crippen LogP contribution is 2.22. The molecular weight excluding hydrogens is 432 g/mol. The van der Waals surface area contributed by atoms with Crippen LogP contribution in [-0.4, -0.2) is 40.4 Å². The molecule has 27 heavy (non-hydrogen) atoms. The van der Waals surface area contributed by atoms with E-state index in [2.05, 4.69) is 31.4 Å². The predicted octanol–water partition coefficient (Wildman–Crippen LogP) is 3.59. The molecule has 7 nitrogen and oxygen atoms in total. The molecule has 1 aromatic carbocycles. The molecule has 0 unspecified atom stereocenters. The third-order valence-corrected chi connectivity index (χ3v) is 5.27. The lowest BCUT2D eigenvalue weighted by atomic mass is 10.2. The first-order chi connectivity index (χ1) is 13.0. The topological polar surface area (TPSA) is 88.3 Å². The molecule has 0 spiro atoms. The Balaban J connectivity index is 1.48. The van der Waals surface area contributed by atoms with Gasteiger partial charge in [-0.05, 0) is 39.5 Å². The summed E-state index contributed by atoms with van der Waals surface area (Å²) in [6.45, 7) is -0.0373. The second-order valence-corrected chi connectivity index (χ2v) is 7.57. The average molecular weight is 449 g/mol. The summed E-state index contributed by atoms with van der Waals surface area (Å²) in [6.07, 6.45) is 0.512. The number of carbonyl (C=O) groups is 2. The van der Waals surface area contributed by atoms with Crippen LogP contribution < -0.4 is 5.32 Å². The van der Waals surface area contributed by atoms with Crippen LogP contribution in [0.2, 0.25) is 0 Å². The third kappa shape index (κ3) is 5.24. The van der Waals surface area contributed by atoms with Gasteiger partial charge in [-0.1, -0.05) is 23.4 Å². The van der Waals surface area contributed by atoms with Crippen molar-refractivity contribution in [2.24, 2.45) is 0 Å². The van der Waals surface area contributed by atoms with Gasteiger partial charge in [0.1, 0.15) is 0 Å². The maximum atomic E-state index is 12.3. The first kappa shape index (κ1) is 19.2. The van der Waals surface area contributed by atoms with E-state index in [1.165, 1.54) is 16.2 Å². The largest absolute Gasteiger partial charge is 0.339 e. The molecule has 9 heteroatoms. The van der Waals surface area contributed by atoms with Crippen molar-refractivity contribution in [3.63, 3.8) is 0 Å². The zero-order valence-corrected chi connectivity index (χ0v) is 16.9. The van der Waals surface area contributed by atoms with Crippen molar-refractivity contribution in [3.8, 4) is 10.7 Å². The summed E-state index contributed by atoms with van der Waals surface area (Å²) in [7, 11) is 1.59. The molecule has 140 valence electrons. The van der Waals surface area contributed by atoms with E-state index in [-0.39, 0.29) is 24.8 Å². The summed E-state index contributed by atoms with van der Waals surface area (Å²) in [5.41, 5.74) is 0.662. The van der Waals surface area contributed by atoms with Crippen molar-refractivity contribution in [1.82, 2.24) is 15.0 Å². The summed E-state index contributed by atoms with van der Waals surface area (Å²) < 4.78 is 5.96. The first-order valence-electron chi connectivity index (χ1n) is 8.17. The summed E-state index contributed by atoms with van der Waals surface area (Å²) in [5, 5.41) is 8.62. The number of anilines is 1. The zero-order chi connectivity index (χ0) is 19.2. The summed E-state index contributed by atoms with van der Waals surface area (Å²) in [4.78, 5) is 31.0. The molecule has 0 atom stereocenters. The van der Waals surface area contributed by atoms with Crippen LogP contribution in [0.15, 0.2) is 50.8 Å². The van der Waals surface area contributed by atoms with Gasteiger partial charge in [-0.2, -0.15) is 4.98 Å². The molecule has 0 saturated carbocycles. The van der Waals surface area contributed by atoms with Gasteiger partial charge in [-0.3, -0.25) is 9.59 Å². The number of rotatable bonds is 7. The molecule has 0 aliphatic rings. The van der Waals surface area contributed by atoms with Crippen molar-refractivity contribution in [2.45, 2.75) is 12.8 Å². The summed E-state index contributed by atoms with van der Waals surface area (Å²) in [5.74, 6) is 0.482. The Morgan fingerprint density at radius 2 is 2.07 bits per heavy atom. The maximum absolute atomic E-state index is 12.3. The standard InChI is InChI=1S/C18H17BrN4O3S/c1-23(11-15(24)20-13-6-3-2-5-12(13)19)17(25)9-8-16-21-18(22-26-16)14-7-4-10-27-14/h2-7,10H,8-9,11H2,1H3,(H,20,24). The normalized spacial score (nSPS) is 10.6. The lowest BCUT2D eigenvalue weighted by Gasteiger charge is -2.16. The fraction of sp³-hybridized carbons (Fsp3) is 0.222. The van der Waals surface area contributed by atoms with Gasteiger partial charge in [0.15, 0.2) is 0 Å². The minimum atomic E-state index is -0.268. The van der Waals surface area contributed by atoms with E-state index in [9.17, 15) is 9.59 Å². The number of carbonyl (C=O) groups excluding carboxylic acids is 2. The molecule has 1 N–H and O–H groups in total. The predicted molar refractivity (Wildman–Crippen MR) is 106 cm³/mol. The van der Waals surface area contributed by atoms with Crippen LogP contribution >= 0.6 is 27.3 Å². The van der Waals surface area contributed by atoms with E-state index >= 15 is 0 Å². The quantitative estimate of drug-likeness (QED) is 0.596. The van der Waals surface area contributed by atoms with E-state index in [0.717, 1.165) is 9.35 Å². The molecule has 0 fully saturated rings. The van der Waals surface area contributed by atoms with Crippen molar-refractivity contribution in [2.75, 3.05) is 18.9 Å². The van der Waals surface area contributed by atoms with Gasteiger partial charge in [0.25, 0.3) is 0 Å². The molecule has 0 aliphatic carbocycles. The Kier molecular flexibility index (Phi) is 6.36. The first-order valence-corrected chi connectivity index (χ1v) is 9.85. The monoisotopic (exact) mass is 448 g/mol. The Morgan fingerprint density at radius 1 is 1.26 bits per heavy atom. The fourth-order valence-electron chi connectivity index (χ4n) is 2.32. The number of aryl methyl sites for hydroxylation is 1. The number of para-hydroxylation sites is 1. The van der Waals surface area contributed by atoms with Crippen LogP contribution in [-0.2, 0) is 16.0 Å². The Morgan fingerprint density at radius 3 is 2.81 bits per heavy atom. The van der Waals surface area contributed by atoms with E-state index in [0.29, 0.717) is 23.8 Å². The molecule has 0 bridgehead atoms. The molecule has 0 radical (unpaired) electrons. The second-order valence-electron chi connectivity index (χ2n) is 5.77. The van der Waals surface area contributed by atoms with Crippen molar-refractivity contribution in [3.05, 3.63) is 52.1 Å². The van der Waals surface area contributed by atoms with E-state index in [1.807, 2.05) is 35.7 Å². The molecule has 3 aromatic rings. The van der Waals surface area contributed by atoms with E-state index < -0.39 is 0 Å². The number of amides is 2. The average Bonchev–Trinajstić information content (AvgIpc) is 3.33. The number of aromatic nitrogens is 2. The number of nitrogens with zero attached hydrogens (tertiary/aromatic N) is 3. The summed E-state index contributed by atoms with van der Waals surface area (Å²) in [6, 6.07) is 11.1. The number of nitrogens with one attached hydrogen (secondary N) is 1. The van der Waals surface area contributed by atoms with Crippen LogP contribution in [0.5, 0.6) is 0 Å². The molecular formula is C18H17BrN4O3S. The maximum Gasteiger partial charge on any atom is 0.244 e. The highest BCUT2D eigenvalue weighted by molar-refractivity contribution is 9.10. The van der Waals surface area contributed by atoms with Crippen LogP contribution in [0.25, 0.3) is 10.7 Å². The molecule has 2 aromatic heterocycles. The second kappa shape index (κ2) is 8.92. The lowest BCUT2D eigenvalue weighted by Crippen LogP contribution is -2.35. The van der Waals surface area contributed by atoms with Gasteiger partial charge in [-0.25, -0.2) is 0 Å². The molecule has 2 amide bonds. The van der Waals surface area contributed by atoms with Crippen molar-refractivity contribution < 1.29 is 14.1 Å². The van der Waals surface area contributed by atoms with Crippen molar-refractivity contribution in [1.29, 1.82) is 0 Å².